The van der Waals surface area contributed by atoms with E-state index in [0.29, 0.717) is 12.8 Å². The Morgan fingerprint density at radius 2 is 1.82 bits per heavy atom. The molecule has 1 aromatic carbocycles. The van der Waals surface area contributed by atoms with E-state index in [4.69, 9.17) is 0 Å². The number of carbonyl (C=O) groups excluding carboxylic acids is 2. The highest BCUT2D eigenvalue weighted by molar-refractivity contribution is 7.90. The number of hydrogen-bond acceptors (Lipinski definition) is 4. The van der Waals surface area contributed by atoms with E-state index in [0.717, 1.165) is 16.7 Å². The minimum absolute atomic E-state index is 0.123. The summed E-state index contributed by atoms with van der Waals surface area (Å²) in [6.45, 7) is 1.81. The summed E-state index contributed by atoms with van der Waals surface area (Å²) < 4.78 is 22.6. The zero-order chi connectivity index (χ0) is 16.4. The minimum Gasteiger partial charge on any atom is -0.319 e. The van der Waals surface area contributed by atoms with Crippen molar-refractivity contribution in [2.24, 2.45) is 0 Å². The zero-order valence-electron chi connectivity index (χ0n) is 12.7. The molecule has 0 radical (unpaired) electrons. The molecule has 2 rings (SSSR count). The van der Waals surface area contributed by atoms with Crippen molar-refractivity contribution in [3.05, 3.63) is 35.9 Å². The second kappa shape index (κ2) is 6.08. The van der Waals surface area contributed by atoms with Gasteiger partial charge in [0.2, 0.25) is 0 Å². The second-order valence-corrected chi connectivity index (χ2v) is 7.80. The molecule has 0 aromatic heterocycles. The molecule has 1 aliphatic heterocycles. The van der Waals surface area contributed by atoms with Crippen molar-refractivity contribution in [3.63, 3.8) is 0 Å². The topological polar surface area (TPSA) is 83.6 Å². The average Bonchev–Trinajstić information content (AvgIpc) is 2.69. The first-order chi connectivity index (χ1) is 10.3. The predicted molar refractivity (Wildman–Crippen MR) is 83.0 cm³/mol. The second-order valence-electron chi connectivity index (χ2n) is 5.54. The number of benzene rings is 1. The van der Waals surface area contributed by atoms with E-state index in [-0.39, 0.29) is 18.2 Å². The number of rotatable bonds is 6. The molecule has 0 spiro atoms. The number of sulfone groups is 1. The lowest BCUT2D eigenvalue weighted by atomic mass is 9.85. The van der Waals surface area contributed by atoms with Gasteiger partial charge in [0.15, 0.2) is 0 Å². The van der Waals surface area contributed by atoms with Gasteiger partial charge in [-0.05, 0) is 12.0 Å². The Bertz CT molecular complexity index is 672. The van der Waals surface area contributed by atoms with Crippen LogP contribution in [0.1, 0.15) is 25.3 Å². The molecule has 0 bridgehead atoms. The molecule has 1 atom stereocenters. The normalized spacial score (nSPS) is 22.0. The summed E-state index contributed by atoms with van der Waals surface area (Å²) in [7, 11) is -3.25. The average molecular weight is 324 g/mol. The predicted octanol–water partition coefficient (Wildman–Crippen LogP) is 1.28. The Labute approximate surface area is 130 Å². The van der Waals surface area contributed by atoms with Crippen LogP contribution in [-0.2, 0) is 20.2 Å². The number of amides is 3. The molecule has 6 nitrogen and oxygen atoms in total. The Morgan fingerprint density at radius 3 is 2.36 bits per heavy atom. The summed E-state index contributed by atoms with van der Waals surface area (Å²) in [5.41, 5.74) is -0.373. The third-order valence-electron chi connectivity index (χ3n) is 3.75. The van der Waals surface area contributed by atoms with E-state index in [2.05, 4.69) is 5.32 Å². The lowest BCUT2D eigenvalue weighted by Gasteiger charge is -2.26. The molecular formula is C15H20N2O4S. The van der Waals surface area contributed by atoms with Crippen LogP contribution < -0.4 is 5.32 Å². The van der Waals surface area contributed by atoms with Gasteiger partial charge in [0.25, 0.3) is 5.91 Å². The number of nitrogens with zero attached hydrogens (tertiary/aromatic N) is 1. The van der Waals surface area contributed by atoms with E-state index in [9.17, 15) is 18.0 Å². The largest absolute Gasteiger partial charge is 0.325 e. The van der Waals surface area contributed by atoms with Crippen LogP contribution in [0.2, 0.25) is 0 Å². The van der Waals surface area contributed by atoms with Crippen LogP contribution in [0.25, 0.3) is 0 Å². The SMILES string of the molecule is CCC[C@@]1(c2ccccc2)NC(=O)N(CCS(C)(=O)=O)C1=O. The summed E-state index contributed by atoms with van der Waals surface area (Å²) in [5.74, 6) is -0.613. The van der Waals surface area contributed by atoms with Crippen molar-refractivity contribution in [2.75, 3.05) is 18.6 Å². The van der Waals surface area contributed by atoms with Crippen molar-refractivity contribution in [2.45, 2.75) is 25.3 Å². The standard InChI is InChI=1S/C15H20N2O4S/c1-3-9-15(12-7-5-4-6-8-12)13(18)17(14(19)16-15)10-11-22(2,20)21/h4-8H,3,9-11H2,1-2H3,(H,16,19)/t15-/m0/s1. The molecule has 1 heterocycles. The van der Waals surface area contributed by atoms with Crippen molar-refractivity contribution >= 4 is 21.8 Å². The van der Waals surface area contributed by atoms with Crippen molar-refractivity contribution in [1.29, 1.82) is 0 Å². The van der Waals surface area contributed by atoms with E-state index in [1.54, 1.807) is 12.1 Å². The molecule has 1 fully saturated rings. The molecule has 22 heavy (non-hydrogen) atoms. The molecule has 1 N–H and O–H groups in total. The quantitative estimate of drug-likeness (QED) is 0.799. The minimum atomic E-state index is -3.25. The maximum Gasteiger partial charge on any atom is 0.325 e. The summed E-state index contributed by atoms with van der Waals surface area (Å²) in [4.78, 5) is 26.0. The van der Waals surface area contributed by atoms with E-state index in [1.165, 1.54) is 0 Å². The molecule has 3 amide bonds. The van der Waals surface area contributed by atoms with Gasteiger partial charge in [0.05, 0.1) is 5.75 Å². The highest BCUT2D eigenvalue weighted by atomic mass is 32.2. The van der Waals surface area contributed by atoms with Crippen LogP contribution in [0.15, 0.2) is 30.3 Å². The van der Waals surface area contributed by atoms with Gasteiger partial charge >= 0.3 is 6.03 Å². The zero-order valence-corrected chi connectivity index (χ0v) is 13.5. The number of urea groups is 1. The first-order valence-corrected chi connectivity index (χ1v) is 9.23. The van der Waals surface area contributed by atoms with Crippen LogP contribution in [0.5, 0.6) is 0 Å². The van der Waals surface area contributed by atoms with Crippen LogP contribution in [0, 0.1) is 0 Å². The molecule has 1 saturated heterocycles. The number of nitrogens with one attached hydrogen (secondary N) is 1. The van der Waals surface area contributed by atoms with Crippen LogP contribution in [0.3, 0.4) is 0 Å². The van der Waals surface area contributed by atoms with Crippen molar-refractivity contribution in [3.8, 4) is 0 Å². The Hall–Kier alpha value is -1.89. The monoisotopic (exact) mass is 324 g/mol. The van der Waals surface area contributed by atoms with Gasteiger partial charge in [0.1, 0.15) is 15.4 Å². The molecular weight excluding hydrogens is 304 g/mol. The van der Waals surface area contributed by atoms with E-state index in [1.807, 2.05) is 25.1 Å². The third kappa shape index (κ3) is 3.14. The first-order valence-electron chi connectivity index (χ1n) is 7.17. The molecule has 7 heteroatoms. The summed E-state index contributed by atoms with van der Waals surface area (Å²) in [5, 5.41) is 2.76. The molecule has 120 valence electrons. The molecule has 0 aliphatic carbocycles. The van der Waals surface area contributed by atoms with Gasteiger partial charge in [-0.25, -0.2) is 13.2 Å². The van der Waals surface area contributed by atoms with E-state index < -0.39 is 21.4 Å². The van der Waals surface area contributed by atoms with Crippen LogP contribution >= 0.6 is 0 Å². The van der Waals surface area contributed by atoms with Gasteiger partial charge in [-0.2, -0.15) is 0 Å². The smallest absolute Gasteiger partial charge is 0.319 e. The number of carbonyl (C=O) groups is 2. The van der Waals surface area contributed by atoms with Gasteiger partial charge in [0, 0.05) is 12.8 Å². The third-order valence-corrected chi connectivity index (χ3v) is 4.68. The van der Waals surface area contributed by atoms with Crippen LogP contribution in [-0.4, -0.2) is 43.8 Å². The Morgan fingerprint density at radius 1 is 1.18 bits per heavy atom. The lowest BCUT2D eigenvalue weighted by molar-refractivity contribution is -0.131. The first kappa shape index (κ1) is 16.5. The molecule has 0 saturated carbocycles. The lowest BCUT2D eigenvalue weighted by Crippen LogP contribution is -2.44. The van der Waals surface area contributed by atoms with Crippen molar-refractivity contribution < 1.29 is 18.0 Å². The van der Waals surface area contributed by atoms with Crippen molar-refractivity contribution in [1.82, 2.24) is 10.2 Å². The summed E-state index contributed by atoms with van der Waals surface area (Å²) in [6.07, 6.45) is 2.26. The van der Waals surface area contributed by atoms with Gasteiger partial charge in [-0.3, -0.25) is 9.69 Å². The van der Waals surface area contributed by atoms with E-state index >= 15 is 0 Å². The number of hydrogen-bond donors (Lipinski definition) is 1. The molecule has 0 unspecified atom stereocenters. The maximum atomic E-state index is 12.8. The molecule has 1 aliphatic rings. The number of imide groups is 1. The fourth-order valence-electron chi connectivity index (χ4n) is 2.69. The molecule has 1 aromatic rings. The van der Waals surface area contributed by atoms with Crippen LogP contribution in [0.4, 0.5) is 4.79 Å². The maximum absolute atomic E-state index is 12.8. The Balaban J connectivity index is 2.33. The van der Waals surface area contributed by atoms with Gasteiger partial charge < -0.3 is 5.32 Å². The summed E-state index contributed by atoms with van der Waals surface area (Å²) >= 11 is 0. The highest BCUT2D eigenvalue weighted by Gasteiger charge is 2.51. The summed E-state index contributed by atoms with van der Waals surface area (Å²) in [6, 6.07) is 8.52. The fourth-order valence-corrected chi connectivity index (χ4v) is 3.21. The highest BCUT2D eigenvalue weighted by Crippen LogP contribution is 2.33. The Kier molecular flexibility index (Phi) is 4.55. The van der Waals surface area contributed by atoms with Gasteiger partial charge in [-0.15, -0.1) is 0 Å². The van der Waals surface area contributed by atoms with Gasteiger partial charge in [-0.1, -0.05) is 43.7 Å². The fraction of sp³-hybridized carbons (Fsp3) is 0.467.